The fourth-order valence-electron chi connectivity index (χ4n) is 1.68. The standard InChI is InChI=1S/C14H16BrClN4/c1-3-6-17-14-18-9(2)7-13(20-14)19-12-5-4-10(15)8-11(12)16/h4-5,7-8H,3,6H2,1-2H3,(H2,17,18,19,20). The van der Waals surface area contributed by atoms with Gasteiger partial charge in [0.1, 0.15) is 5.82 Å². The molecule has 0 unspecified atom stereocenters. The molecule has 0 spiro atoms. The molecule has 0 fully saturated rings. The van der Waals surface area contributed by atoms with Crippen LogP contribution in [-0.4, -0.2) is 16.5 Å². The maximum atomic E-state index is 6.19. The Labute approximate surface area is 132 Å². The van der Waals surface area contributed by atoms with Crippen LogP contribution in [0.25, 0.3) is 0 Å². The zero-order valence-corrected chi connectivity index (χ0v) is 13.7. The van der Waals surface area contributed by atoms with E-state index in [0.717, 1.165) is 34.6 Å². The van der Waals surface area contributed by atoms with E-state index >= 15 is 0 Å². The lowest BCUT2D eigenvalue weighted by atomic mass is 10.3. The Hall–Kier alpha value is -1.33. The van der Waals surface area contributed by atoms with Gasteiger partial charge in [0.25, 0.3) is 0 Å². The first-order chi connectivity index (χ1) is 9.58. The van der Waals surface area contributed by atoms with E-state index < -0.39 is 0 Å². The summed E-state index contributed by atoms with van der Waals surface area (Å²) in [5.41, 5.74) is 1.71. The highest BCUT2D eigenvalue weighted by Crippen LogP contribution is 2.28. The van der Waals surface area contributed by atoms with Crippen LogP contribution in [0.3, 0.4) is 0 Å². The third-order valence-electron chi connectivity index (χ3n) is 2.58. The Bertz CT molecular complexity index is 604. The van der Waals surface area contributed by atoms with Gasteiger partial charge in [-0.25, -0.2) is 4.98 Å². The summed E-state index contributed by atoms with van der Waals surface area (Å²) in [6.07, 6.45) is 1.03. The number of hydrogen-bond donors (Lipinski definition) is 2. The molecule has 0 bridgehead atoms. The van der Waals surface area contributed by atoms with Crippen molar-refractivity contribution in [2.75, 3.05) is 17.2 Å². The Morgan fingerprint density at radius 3 is 2.75 bits per heavy atom. The van der Waals surface area contributed by atoms with E-state index in [0.29, 0.717) is 11.0 Å². The lowest BCUT2D eigenvalue weighted by Crippen LogP contribution is -2.07. The second-order valence-corrected chi connectivity index (χ2v) is 5.72. The first-order valence-corrected chi connectivity index (χ1v) is 7.57. The molecule has 1 aromatic heterocycles. The number of hydrogen-bond acceptors (Lipinski definition) is 4. The third-order valence-corrected chi connectivity index (χ3v) is 3.39. The molecular weight excluding hydrogens is 340 g/mol. The Morgan fingerprint density at radius 2 is 2.05 bits per heavy atom. The fraction of sp³-hybridized carbons (Fsp3) is 0.286. The van der Waals surface area contributed by atoms with Crippen LogP contribution < -0.4 is 10.6 Å². The van der Waals surface area contributed by atoms with Gasteiger partial charge in [-0.3, -0.25) is 0 Å². The minimum atomic E-state index is 0.627. The first-order valence-electron chi connectivity index (χ1n) is 6.40. The van der Waals surface area contributed by atoms with Crippen molar-refractivity contribution in [2.24, 2.45) is 0 Å². The fourth-order valence-corrected chi connectivity index (χ4v) is 2.40. The molecule has 2 aromatic rings. The molecule has 2 rings (SSSR count). The molecule has 1 aromatic carbocycles. The zero-order valence-electron chi connectivity index (χ0n) is 11.4. The molecular formula is C14H16BrClN4. The van der Waals surface area contributed by atoms with Crippen LogP contribution in [0.2, 0.25) is 5.02 Å². The number of anilines is 3. The van der Waals surface area contributed by atoms with Crippen LogP contribution in [0.5, 0.6) is 0 Å². The number of nitrogens with one attached hydrogen (secondary N) is 2. The number of rotatable bonds is 5. The average molecular weight is 356 g/mol. The Balaban J connectivity index is 2.21. The molecule has 0 amide bonds. The summed E-state index contributed by atoms with van der Waals surface area (Å²) >= 11 is 9.58. The van der Waals surface area contributed by atoms with E-state index in [2.05, 4.69) is 43.5 Å². The molecule has 4 nitrogen and oxygen atoms in total. The molecule has 0 aliphatic heterocycles. The van der Waals surface area contributed by atoms with Crippen molar-refractivity contribution in [3.05, 3.63) is 39.5 Å². The van der Waals surface area contributed by atoms with Crippen molar-refractivity contribution in [3.8, 4) is 0 Å². The first kappa shape index (κ1) is 15.1. The summed E-state index contributed by atoms with van der Waals surface area (Å²) in [6, 6.07) is 7.56. The van der Waals surface area contributed by atoms with Crippen LogP contribution >= 0.6 is 27.5 Å². The third kappa shape index (κ3) is 4.08. The van der Waals surface area contributed by atoms with Crippen molar-refractivity contribution in [1.82, 2.24) is 9.97 Å². The number of halogens is 2. The number of nitrogens with zero attached hydrogens (tertiary/aromatic N) is 2. The van der Waals surface area contributed by atoms with Gasteiger partial charge in [0, 0.05) is 22.8 Å². The lowest BCUT2D eigenvalue weighted by molar-refractivity contribution is 0.947. The van der Waals surface area contributed by atoms with Gasteiger partial charge >= 0.3 is 0 Å². The number of benzene rings is 1. The van der Waals surface area contributed by atoms with Gasteiger partial charge < -0.3 is 10.6 Å². The highest BCUT2D eigenvalue weighted by atomic mass is 79.9. The van der Waals surface area contributed by atoms with E-state index in [-0.39, 0.29) is 0 Å². The molecule has 1 heterocycles. The predicted molar refractivity (Wildman–Crippen MR) is 88.0 cm³/mol. The molecule has 0 atom stereocenters. The molecule has 0 aliphatic carbocycles. The summed E-state index contributed by atoms with van der Waals surface area (Å²) in [6.45, 7) is 4.89. The van der Waals surface area contributed by atoms with Gasteiger partial charge in [0.15, 0.2) is 0 Å². The van der Waals surface area contributed by atoms with Crippen LogP contribution in [-0.2, 0) is 0 Å². The van der Waals surface area contributed by atoms with Gasteiger partial charge in [-0.05, 0) is 31.5 Å². The smallest absolute Gasteiger partial charge is 0.224 e. The van der Waals surface area contributed by atoms with E-state index in [1.165, 1.54) is 0 Å². The maximum Gasteiger partial charge on any atom is 0.224 e. The number of aromatic nitrogens is 2. The SMILES string of the molecule is CCCNc1nc(C)cc(Nc2ccc(Br)cc2Cl)n1. The van der Waals surface area contributed by atoms with Crippen LogP contribution in [0.15, 0.2) is 28.7 Å². The second-order valence-electron chi connectivity index (χ2n) is 4.39. The monoisotopic (exact) mass is 354 g/mol. The summed E-state index contributed by atoms with van der Waals surface area (Å²) in [5, 5.41) is 7.03. The molecule has 20 heavy (non-hydrogen) atoms. The number of aryl methyl sites for hydroxylation is 1. The Kier molecular flexibility index (Phi) is 5.20. The van der Waals surface area contributed by atoms with E-state index in [4.69, 9.17) is 11.6 Å². The van der Waals surface area contributed by atoms with Gasteiger partial charge in [0.05, 0.1) is 10.7 Å². The van der Waals surface area contributed by atoms with Crippen molar-refractivity contribution in [2.45, 2.75) is 20.3 Å². The summed E-state index contributed by atoms with van der Waals surface area (Å²) in [5.74, 6) is 1.35. The summed E-state index contributed by atoms with van der Waals surface area (Å²) in [7, 11) is 0. The van der Waals surface area contributed by atoms with E-state index in [9.17, 15) is 0 Å². The maximum absolute atomic E-state index is 6.19. The molecule has 106 valence electrons. The Morgan fingerprint density at radius 1 is 1.25 bits per heavy atom. The molecule has 0 saturated heterocycles. The van der Waals surface area contributed by atoms with Crippen LogP contribution in [0.1, 0.15) is 19.0 Å². The normalized spacial score (nSPS) is 10.4. The minimum Gasteiger partial charge on any atom is -0.354 e. The van der Waals surface area contributed by atoms with Gasteiger partial charge in [0.2, 0.25) is 5.95 Å². The second kappa shape index (κ2) is 6.90. The topological polar surface area (TPSA) is 49.8 Å². The summed E-state index contributed by atoms with van der Waals surface area (Å²) in [4.78, 5) is 8.77. The molecule has 2 N–H and O–H groups in total. The van der Waals surface area contributed by atoms with Crippen molar-refractivity contribution >= 4 is 45.0 Å². The van der Waals surface area contributed by atoms with Crippen LogP contribution in [0, 0.1) is 6.92 Å². The minimum absolute atomic E-state index is 0.627. The van der Waals surface area contributed by atoms with E-state index in [1.807, 2.05) is 31.2 Å². The molecule has 0 aliphatic rings. The van der Waals surface area contributed by atoms with Gasteiger partial charge in [-0.15, -0.1) is 0 Å². The predicted octanol–water partition coefficient (Wildman–Crippen LogP) is 4.77. The molecule has 6 heteroatoms. The van der Waals surface area contributed by atoms with Crippen molar-refractivity contribution in [3.63, 3.8) is 0 Å². The highest BCUT2D eigenvalue weighted by molar-refractivity contribution is 9.10. The quantitative estimate of drug-likeness (QED) is 0.811. The molecule has 0 radical (unpaired) electrons. The summed E-state index contributed by atoms with van der Waals surface area (Å²) < 4.78 is 0.942. The van der Waals surface area contributed by atoms with Gasteiger partial charge in [-0.2, -0.15) is 4.98 Å². The average Bonchev–Trinajstić information content (AvgIpc) is 2.39. The van der Waals surface area contributed by atoms with Crippen LogP contribution in [0.4, 0.5) is 17.5 Å². The van der Waals surface area contributed by atoms with Crippen molar-refractivity contribution < 1.29 is 0 Å². The zero-order chi connectivity index (χ0) is 14.5. The lowest BCUT2D eigenvalue weighted by Gasteiger charge is -2.10. The molecule has 0 saturated carbocycles. The highest BCUT2D eigenvalue weighted by Gasteiger charge is 2.05. The van der Waals surface area contributed by atoms with Gasteiger partial charge in [-0.1, -0.05) is 34.5 Å². The largest absolute Gasteiger partial charge is 0.354 e. The van der Waals surface area contributed by atoms with E-state index in [1.54, 1.807) is 0 Å². The van der Waals surface area contributed by atoms with Crippen molar-refractivity contribution in [1.29, 1.82) is 0 Å².